The highest BCUT2D eigenvalue weighted by Crippen LogP contribution is 2.28. The number of hydrogen-bond acceptors (Lipinski definition) is 1. The van der Waals surface area contributed by atoms with Gasteiger partial charge in [0, 0.05) is 12.2 Å². The second kappa shape index (κ2) is 5.68. The minimum Gasteiger partial charge on any atom is -0.312 e. The van der Waals surface area contributed by atoms with Gasteiger partial charge >= 0.3 is 0 Å². The molecular weight excluding hydrogens is 265 g/mol. The van der Waals surface area contributed by atoms with Gasteiger partial charge in [0.05, 0.1) is 6.42 Å². The Labute approximate surface area is 124 Å². The van der Waals surface area contributed by atoms with Gasteiger partial charge in [-0.25, -0.2) is 4.39 Å². The highest BCUT2D eigenvalue weighted by Gasteiger charge is 2.22. The molecule has 0 radical (unpaired) electrons. The number of rotatable bonds is 2. The molecule has 21 heavy (non-hydrogen) atoms. The third-order valence-electron chi connectivity index (χ3n) is 3.92. The molecule has 0 unspecified atom stereocenters. The van der Waals surface area contributed by atoms with Gasteiger partial charge in [0.1, 0.15) is 5.82 Å². The lowest BCUT2D eigenvalue weighted by Gasteiger charge is -2.30. The molecule has 1 heterocycles. The van der Waals surface area contributed by atoms with Gasteiger partial charge in [-0.05, 0) is 49.1 Å². The predicted molar refractivity (Wildman–Crippen MR) is 82.0 cm³/mol. The molecule has 0 aromatic heterocycles. The second-order valence-corrected chi connectivity index (χ2v) is 5.58. The van der Waals surface area contributed by atoms with Crippen LogP contribution in [0.4, 0.5) is 10.1 Å². The number of aryl methyl sites for hydroxylation is 2. The molecule has 3 heteroatoms. The largest absolute Gasteiger partial charge is 0.312 e. The van der Waals surface area contributed by atoms with E-state index in [1.54, 1.807) is 12.1 Å². The molecule has 0 fully saturated rings. The van der Waals surface area contributed by atoms with E-state index in [4.69, 9.17) is 0 Å². The number of anilines is 1. The number of hydrogen-bond donors (Lipinski definition) is 0. The van der Waals surface area contributed by atoms with Crippen molar-refractivity contribution in [2.45, 2.75) is 26.2 Å². The Morgan fingerprint density at radius 2 is 1.95 bits per heavy atom. The van der Waals surface area contributed by atoms with Crippen LogP contribution in [0.2, 0.25) is 0 Å². The highest BCUT2D eigenvalue weighted by molar-refractivity contribution is 5.95. The Hall–Kier alpha value is -2.16. The lowest BCUT2D eigenvalue weighted by molar-refractivity contribution is -0.118. The first-order chi connectivity index (χ1) is 10.1. The zero-order chi connectivity index (χ0) is 14.8. The number of halogens is 1. The van der Waals surface area contributed by atoms with Crippen LogP contribution in [0.3, 0.4) is 0 Å². The van der Waals surface area contributed by atoms with E-state index in [2.05, 4.69) is 13.0 Å². The summed E-state index contributed by atoms with van der Waals surface area (Å²) in [5.74, 6) is -0.198. The van der Waals surface area contributed by atoms with Gasteiger partial charge in [0.25, 0.3) is 0 Å². The predicted octanol–water partition coefficient (Wildman–Crippen LogP) is 3.66. The maximum atomic E-state index is 12.9. The Morgan fingerprint density at radius 1 is 1.19 bits per heavy atom. The lowest BCUT2D eigenvalue weighted by atomic mass is 9.99. The molecule has 2 aromatic rings. The molecule has 0 spiro atoms. The summed E-state index contributed by atoms with van der Waals surface area (Å²) < 4.78 is 12.9. The van der Waals surface area contributed by atoms with Crippen LogP contribution in [-0.4, -0.2) is 12.5 Å². The Balaban J connectivity index is 1.81. The minimum atomic E-state index is -0.273. The van der Waals surface area contributed by atoms with Gasteiger partial charge in [0.2, 0.25) is 5.91 Å². The fourth-order valence-electron chi connectivity index (χ4n) is 2.86. The fraction of sp³-hybridized carbons (Fsp3) is 0.278. The molecule has 0 saturated heterocycles. The van der Waals surface area contributed by atoms with Crippen LogP contribution in [0.5, 0.6) is 0 Å². The third-order valence-corrected chi connectivity index (χ3v) is 3.92. The Morgan fingerprint density at radius 3 is 2.71 bits per heavy atom. The van der Waals surface area contributed by atoms with Crippen LogP contribution in [0.25, 0.3) is 0 Å². The quantitative estimate of drug-likeness (QED) is 0.823. The summed E-state index contributed by atoms with van der Waals surface area (Å²) >= 11 is 0. The Kier molecular flexibility index (Phi) is 3.74. The number of carbonyl (C=O) groups is 1. The maximum Gasteiger partial charge on any atom is 0.231 e. The molecule has 2 nitrogen and oxygen atoms in total. The summed E-state index contributed by atoms with van der Waals surface area (Å²) in [5, 5.41) is 0. The summed E-state index contributed by atoms with van der Waals surface area (Å²) in [7, 11) is 0. The van der Waals surface area contributed by atoms with Gasteiger partial charge in [-0.2, -0.15) is 0 Å². The molecular formula is C18H18FNO. The van der Waals surface area contributed by atoms with Crippen molar-refractivity contribution in [2.75, 3.05) is 11.4 Å². The molecule has 0 N–H and O–H groups in total. The Bertz CT molecular complexity index is 663. The van der Waals surface area contributed by atoms with Gasteiger partial charge in [-0.3, -0.25) is 4.79 Å². The minimum absolute atomic E-state index is 0.0754. The molecule has 0 saturated carbocycles. The van der Waals surface area contributed by atoms with E-state index < -0.39 is 0 Å². The van der Waals surface area contributed by atoms with Crippen LogP contribution in [-0.2, 0) is 17.6 Å². The first-order valence-electron chi connectivity index (χ1n) is 7.28. The van der Waals surface area contributed by atoms with Gasteiger partial charge in [-0.1, -0.05) is 29.8 Å². The average Bonchev–Trinajstić information content (AvgIpc) is 2.48. The van der Waals surface area contributed by atoms with Crippen molar-refractivity contribution in [3.05, 3.63) is 65.0 Å². The van der Waals surface area contributed by atoms with Crippen molar-refractivity contribution in [1.29, 1.82) is 0 Å². The SMILES string of the molecule is Cc1ccc2c(c1)CCCN2C(=O)Cc1ccc(F)cc1. The van der Waals surface area contributed by atoms with E-state index in [0.717, 1.165) is 30.6 Å². The smallest absolute Gasteiger partial charge is 0.231 e. The lowest BCUT2D eigenvalue weighted by Crippen LogP contribution is -2.36. The zero-order valence-corrected chi connectivity index (χ0v) is 12.1. The van der Waals surface area contributed by atoms with Crippen molar-refractivity contribution in [2.24, 2.45) is 0 Å². The fourth-order valence-corrected chi connectivity index (χ4v) is 2.86. The molecule has 3 rings (SSSR count). The molecule has 1 aliphatic rings. The molecule has 1 aliphatic heterocycles. The number of nitrogens with zero attached hydrogens (tertiary/aromatic N) is 1. The first-order valence-corrected chi connectivity index (χ1v) is 7.28. The normalized spacial score (nSPS) is 13.9. The summed E-state index contributed by atoms with van der Waals surface area (Å²) in [6.45, 7) is 2.83. The van der Waals surface area contributed by atoms with Crippen molar-refractivity contribution in [3.63, 3.8) is 0 Å². The summed E-state index contributed by atoms with van der Waals surface area (Å²) in [6, 6.07) is 12.4. The second-order valence-electron chi connectivity index (χ2n) is 5.58. The van der Waals surface area contributed by atoms with Crippen LogP contribution in [0, 0.1) is 12.7 Å². The van der Waals surface area contributed by atoms with E-state index in [1.807, 2.05) is 17.0 Å². The van der Waals surface area contributed by atoms with E-state index in [9.17, 15) is 9.18 Å². The van der Waals surface area contributed by atoms with E-state index in [0.29, 0.717) is 6.42 Å². The number of carbonyl (C=O) groups excluding carboxylic acids is 1. The van der Waals surface area contributed by atoms with Crippen LogP contribution < -0.4 is 4.90 Å². The molecule has 0 atom stereocenters. The molecule has 0 aliphatic carbocycles. The number of benzene rings is 2. The van der Waals surface area contributed by atoms with E-state index in [1.165, 1.54) is 23.3 Å². The monoisotopic (exact) mass is 283 g/mol. The van der Waals surface area contributed by atoms with Gasteiger partial charge in [-0.15, -0.1) is 0 Å². The van der Waals surface area contributed by atoms with E-state index in [-0.39, 0.29) is 11.7 Å². The standard InChI is InChI=1S/C18H18FNO/c1-13-4-9-17-15(11-13)3-2-10-20(17)18(21)12-14-5-7-16(19)8-6-14/h4-9,11H,2-3,10,12H2,1H3. The summed E-state index contributed by atoms with van der Waals surface area (Å²) in [6.07, 6.45) is 2.33. The number of amides is 1. The van der Waals surface area contributed by atoms with Crippen molar-refractivity contribution < 1.29 is 9.18 Å². The molecule has 2 aromatic carbocycles. The van der Waals surface area contributed by atoms with Gasteiger partial charge in [0.15, 0.2) is 0 Å². The number of fused-ring (bicyclic) bond motifs is 1. The average molecular weight is 283 g/mol. The molecule has 0 bridgehead atoms. The maximum absolute atomic E-state index is 12.9. The van der Waals surface area contributed by atoms with Crippen molar-refractivity contribution >= 4 is 11.6 Å². The first kappa shape index (κ1) is 13.8. The zero-order valence-electron chi connectivity index (χ0n) is 12.1. The molecule has 108 valence electrons. The van der Waals surface area contributed by atoms with Crippen LogP contribution in [0.1, 0.15) is 23.1 Å². The summed E-state index contributed by atoms with van der Waals surface area (Å²) in [4.78, 5) is 14.4. The molecule has 1 amide bonds. The highest BCUT2D eigenvalue weighted by atomic mass is 19.1. The third kappa shape index (κ3) is 2.97. The van der Waals surface area contributed by atoms with Crippen molar-refractivity contribution in [3.8, 4) is 0 Å². The summed E-state index contributed by atoms with van der Waals surface area (Å²) in [5.41, 5.74) is 4.34. The van der Waals surface area contributed by atoms with Gasteiger partial charge < -0.3 is 4.90 Å². The van der Waals surface area contributed by atoms with Crippen LogP contribution in [0.15, 0.2) is 42.5 Å². The van der Waals surface area contributed by atoms with E-state index >= 15 is 0 Å². The van der Waals surface area contributed by atoms with Crippen molar-refractivity contribution in [1.82, 2.24) is 0 Å². The topological polar surface area (TPSA) is 20.3 Å². The van der Waals surface area contributed by atoms with Crippen LogP contribution >= 0.6 is 0 Å².